The van der Waals surface area contributed by atoms with E-state index in [9.17, 15) is 0 Å². The maximum atomic E-state index is 5.77. The second-order valence-electron chi connectivity index (χ2n) is 3.22. The van der Waals surface area contributed by atoms with E-state index < -0.39 is 0 Å². The predicted molar refractivity (Wildman–Crippen MR) is 62.1 cm³/mol. The SMILES string of the molecule is CNC(CC(C)N)c1cc(Br)cs1. The van der Waals surface area contributed by atoms with E-state index in [1.165, 1.54) is 4.88 Å². The van der Waals surface area contributed by atoms with Gasteiger partial charge in [-0.2, -0.15) is 0 Å². The summed E-state index contributed by atoms with van der Waals surface area (Å²) >= 11 is 5.21. The van der Waals surface area contributed by atoms with Gasteiger partial charge in [0.25, 0.3) is 0 Å². The van der Waals surface area contributed by atoms with Crippen molar-refractivity contribution < 1.29 is 0 Å². The Morgan fingerprint density at radius 2 is 2.38 bits per heavy atom. The molecule has 1 aromatic heterocycles. The van der Waals surface area contributed by atoms with E-state index in [-0.39, 0.29) is 6.04 Å². The Hall–Kier alpha value is 0.1000. The molecule has 1 rings (SSSR count). The molecule has 0 saturated carbocycles. The summed E-state index contributed by atoms with van der Waals surface area (Å²) in [6.45, 7) is 2.03. The molecule has 0 bridgehead atoms. The van der Waals surface area contributed by atoms with Crippen molar-refractivity contribution in [1.82, 2.24) is 5.32 Å². The summed E-state index contributed by atoms with van der Waals surface area (Å²) in [7, 11) is 1.97. The summed E-state index contributed by atoms with van der Waals surface area (Å²) in [5.41, 5.74) is 5.77. The number of rotatable bonds is 4. The van der Waals surface area contributed by atoms with Gasteiger partial charge in [-0.3, -0.25) is 0 Å². The Morgan fingerprint density at radius 3 is 2.77 bits per heavy atom. The van der Waals surface area contributed by atoms with Gasteiger partial charge < -0.3 is 11.1 Å². The van der Waals surface area contributed by atoms with Crippen LogP contribution in [0.25, 0.3) is 0 Å². The van der Waals surface area contributed by atoms with Crippen molar-refractivity contribution in [2.75, 3.05) is 7.05 Å². The van der Waals surface area contributed by atoms with Crippen molar-refractivity contribution >= 4 is 27.3 Å². The first-order valence-electron chi connectivity index (χ1n) is 4.30. The zero-order valence-corrected chi connectivity index (χ0v) is 10.3. The number of halogens is 1. The van der Waals surface area contributed by atoms with Gasteiger partial charge in [-0.1, -0.05) is 0 Å². The van der Waals surface area contributed by atoms with Gasteiger partial charge in [-0.05, 0) is 42.4 Å². The second kappa shape index (κ2) is 5.10. The van der Waals surface area contributed by atoms with E-state index >= 15 is 0 Å². The lowest BCUT2D eigenvalue weighted by molar-refractivity contribution is 0.506. The molecule has 0 aliphatic heterocycles. The quantitative estimate of drug-likeness (QED) is 0.876. The van der Waals surface area contributed by atoms with Crippen LogP contribution in [-0.2, 0) is 0 Å². The van der Waals surface area contributed by atoms with Crippen LogP contribution >= 0.6 is 27.3 Å². The summed E-state index contributed by atoms with van der Waals surface area (Å²) in [5.74, 6) is 0. The van der Waals surface area contributed by atoms with E-state index in [0.29, 0.717) is 6.04 Å². The highest BCUT2D eigenvalue weighted by atomic mass is 79.9. The monoisotopic (exact) mass is 262 g/mol. The van der Waals surface area contributed by atoms with E-state index in [1.807, 2.05) is 14.0 Å². The molecule has 4 heteroatoms. The molecule has 2 unspecified atom stereocenters. The summed E-state index contributed by atoms with van der Waals surface area (Å²) in [5, 5.41) is 5.37. The molecule has 1 aromatic rings. The van der Waals surface area contributed by atoms with Crippen molar-refractivity contribution in [3.05, 3.63) is 20.8 Å². The van der Waals surface area contributed by atoms with Crippen molar-refractivity contribution in [2.24, 2.45) is 5.73 Å². The normalized spacial score (nSPS) is 15.7. The van der Waals surface area contributed by atoms with Crippen LogP contribution < -0.4 is 11.1 Å². The lowest BCUT2D eigenvalue weighted by Crippen LogP contribution is -2.25. The molecule has 0 aliphatic rings. The Morgan fingerprint density at radius 1 is 1.69 bits per heavy atom. The first kappa shape index (κ1) is 11.2. The summed E-state index contributed by atoms with van der Waals surface area (Å²) in [4.78, 5) is 1.34. The minimum Gasteiger partial charge on any atom is -0.328 e. The average Bonchev–Trinajstić information content (AvgIpc) is 2.47. The number of nitrogens with one attached hydrogen (secondary N) is 1. The molecule has 1 heterocycles. The molecule has 0 radical (unpaired) electrons. The van der Waals surface area contributed by atoms with Crippen LogP contribution in [0.1, 0.15) is 24.3 Å². The van der Waals surface area contributed by atoms with Crippen LogP contribution in [0.5, 0.6) is 0 Å². The van der Waals surface area contributed by atoms with Crippen LogP contribution in [0.2, 0.25) is 0 Å². The highest BCUT2D eigenvalue weighted by molar-refractivity contribution is 9.10. The number of thiophene rings is 1. The predicted octanol–water partition coefficient (Wildman–Crippen LogP) is 2.51. The third-order valence-electron chi connectivity index (χ3n) is 1.89. The van der Waals surface area contributed by atoms with Crippen molar-refractivity contribution in [2.45, 2.75) is 25.4 Å². The third kappa shape index (κ3) is 3.38. The van der Waals surface area contributed by atoms with E-state index in [2.05, 4.69) is 32.7 Å². The molecule has 0 saturated heterocycles. The standard InChI is InChI=1S/C9H15BrN2S/c1-6(11)3-8(12-2)9-4-7(10)5-13-9/h4-6,8,12H,3,11H2,1-2H3. The van der Waals surface area contributed by atoms with Crippen LogP contribution in [-0.4, -0.2) is 13.1 Å². The molecule has 0 fully saturated rings. The van der Waals surface area contributed by atoms with Crippen molar-refractivity contribution in [1.29, 1.82) is 0 Å². The molecule has 0 spiro atoms. The maximum absolute atomic E-state index is 5.77. The molecule has 0 aromatic carbocycles. The maximum Gasteiger partial charge on any atom is 0.0427 e. The van der Waals surface area contributed by atoms with Gasteiger partial charge in [0.1, 0.15) is 0 Å². The molecule has 0 aliphatic carbocycles. The zero-order chi connectivity index (χ0) is 9.84. The molecular weight excluding hydrogens is 248 g/mol. The highest BCUT2D eigenvalue weighted by Gasteiger charge is 2.12. The molecular formula is C9H15BrN2S. The topological polar surface area (TPSA) is 38.0 Å². The largest absolute Gasteiger partial charge is 0.328 e. The van der Waals surface area contributed by atoms with Gasteiger partial charge in [0.2, 0.25) is 0 Å². The van der Waals surface area contributed by atoms with Gasteiger partial charge >= 0.3 is 0 Å². The fraction of sp³-hybridized carbons (Fsp3) is 0.556. The first-order chi connectivity index (χ1) is 6.13. The van der Waals surface area contributed by atoms with Crippen LogP contribution in [0, 0.1) is 0 Å². The average molecular weight is 263 g/mol. The molecule has 0 amide bonds. The fourth-order valence-corrected chi connectivity index (χ4v) is 2.83. The van der Waals surface area contributed by atoms with Gasteiger partial charge in [0.15, 0.2) is 0 Å². The Labute approximate surface area is 91.7 Å². The molecule has 3 N–H and O–H groups in total. The Bertz CT molecular complexity index is 260. The Kier molecular flexibility index (Phi) is 4.38. The number of hydrogen-bond acceptors (Lipinski definition) is 3. The highest BCUT2D eigenvalue weighted by Crippen LogP contribution is 2.27. The second-order valence-corrected chi connectivity index (χ2v) is 5.08. The summed E-state index contributed by atoms with van der Waals surface area (Å²) in [6.07, 6.45) is 0.976. The van der Waals surface area contributed by atoms with Crippen molar-refractivity contribution in [3.63, 3.8) is 0 Å². The number of nitrogens with two attached hydrogens (primary N) is 1. The van der Waals surface area contributed by atoms with Gasteiger partial charge in [-0.15, -0.1) is 11.3 Å². The molecule has 2 nitrogen and oxygen atoms in total. The first-order valence-corrected chi connectivity index (χ1v) is 5.97. The molecule has 13 heavy (non-hydrogen) atoms. The minimum absolute atomic E-state index is 0.235. The van der Waals surface area contributed by atoms with Gasteiger partial charge in [-0.25, -0.2) is 0 Å². The number of hydrogen-bond donors (Lipinski definition) is 2. The lowest BCUT2D eigenvalue weighted by Gasteiger charge is -2.16. The minimum atomic E-state index is 0.235. The lowest BCUT2D eigenvalue weighted by atomic mass is 10.1. The summed E-state index contributed by atoms with van der Waals surface area (Å²) in [6, 6.07) is 2.77. The van der Waals surface area contributed by atoms with E-state index in [0.717, 1.165) is 10.9 Å². The van der Waals surface area contributed by atoms with Gasteiger partial charge in [0.05, 0.1) is 0 Å². The molecule has 2 atom stereocenters. The van der Waals surface area contributed by atoms with E-state index in [1.54, 1.807) is 11.3 Å². The van der Waals surface area contributed by atoms with E-state index in [4.69, 9.17) is 5.73 Å². The Balaban J connectivity index is 2.66. The van der Waals surface area contributed by atoms with Crippen LogP contribution in [0.3, 0.4) is 0 Å². The molecule has 74 valence electrons. The van der Waals surface area contributed by atoms with Crippen LogP contribution in [0.15, 0.2) is 15.9 Å². The zero-order valence-electron chi connectivity index (χ0n) is 7.88. The smallest absolute Gasteiger partial charge is 0.0427 e. The summed E-state index contributed by atoms with van der Waals surface area (Å²) < 4.78 is 1.15. The van der Waals surface area contributed by atoms with Crippen molar-refractivity contribution in [3.8, 4) is 0 Å². The third-order valence-corrected chi connectivity index (χ3v) is 3.69. The fourth-order valence-electron chi connectivity index (χ4n) is 1.26. The van der Waals surface area contributed by atoms with Gasteiger partial charge in [0, 0.05) is 26.8 Å². The van der Waals surface area contributed by atoms with Crippen LogP contribution in [0.4, 0.5) is 0 Å².